The highest BCUT2D eigenvalue weighted by Gasteiger charge is 2.34. The number of hydrogen-bond donors (Lipinski definition) is 0. The van der Waals surface area contributed by atoms with Gasteiger partial charge in [-0.05, 0) is 47.5 Å². The van der Waals surface area contributed by atoms with Gasteiger partial charge in [-0.25, -0.2) is 9.38 Å². The fourth-order valence-electron chi connectivity index (χ4n) is 4.07. The molecule has 0 N–H and O–H groups in total. The number of rotatable bonds is 5. The molecule has 0 bridgehead atoms. The number of halogens is 4. The number of fused-ring (bicyclic) bond motifs is 1. The highest BCUT2D eigenvalue weighted by molar-refractivity contribution is 6.14. The molecule has 0 aliphatic carbocycles. The molecule has 1 aliphatic rings. The number of alkyl halides is 3. The van der Waals surface area contributed by atoms with E-state index in [1.54, 1.807) is 25.3 Å². The van der Waals surface area contributed by atoms with E-state index in [0.29, 0.717) is 16.9 Å². The van der Waals surface area contributed by atoms with Crippen molar-refractivity contribution in [2.24, 2.45) is 4.99 Å². The summed E-state index contributed by atoms with van der Waals surface area (Å²) < 4.78 is 66.1. The van der Waals surface area contributed by atoms with Gasteiger partial charge in [0.25, 0.3) is 0 Å². The Bertz CT molecular complexity index is 1480. The lowest BCUT2D eigenvalue weighted by Crippen LogP contribution is -2.32. The summed E-state index contributed by atoms with van der Waals surface area (Å²) in [5.41, 5.74) is 1.93. The van der Waals surface area contributed by atoms with Crippen LogP contribution in [0.3, 0.4) is 0 Å². The molecule has 4 aromatic rings. The average Bonchev–Trinajstić information content (AvgIpc) is 2.92. The maximum Gasteiger partial charge on any atom is 0.416 e. The molecule has 4 nitrogen and oxygen atoms in total. The fraction of sp³-hybridized carbons (Fsp3) is 0.103. The first kappa shape index (κ1) is 24.4. The maximum absolute atomic E-state index is 14.7. The Morgan fingerprint density at radius 3 is 2.22 bits per heavy atom. The van der Waals surface area contributed by atoms with Crippen molar-refractivity contribution in [3.8, 4) is 22.6 Å². The van der Waals surface area contributed by atoms with Crippen molar-refractivity contribution in [2.45, 2.75) is 6.18 Å². The third-order valence-electron chi connectivity index (χ3n) is 5.94. The van der Waals surface area contributed by atoms with Crippen molar-refractivity contribution in [3.63, 3.8) is 0 Å². The van der Waals surface area contributed by atoms with Gasteiger partial charge in [-0.2, -0.15) is 13.2 Å². The van der Waals surface area contributed by atoms with Gasteiger partial charge in [-0.15, -0.1) is 0 Å². The van der Waals surface area contributed by atoms with Crippen LogP contribution in [0, 0.1) is 12.4 Å². The van der Waals surface area contributed by atoms with Gasteiger partial charge in [-0.1, -0.05) is 48.5 Å². The number of methoxy groups -OCH3 is 2. The number of nitrogens with zero attached hydrogens (tertiary/aromatic N) is 2. The Hall–Kier alpha value is -4.33. The molecular formula is C29H20F4N2O2. The quantitative estimate of drug-likeness (QED) is 0.264. The summed E-state index contributed by atoms with van der Waals surface area (Å²) in [6.07, 6.45) is -4.57. The molecule has 0 saturated heterocycles. The summed E-state index contributed by atoms with van der Waals surface area (Å²) in [6, 6.07) is 22.3. The Labute approximate surface area is 211 Å². The van der Waals surface area contributed by atoms with Crippen LogP contribution in [-0.2, 0) is 6.18 Å². The molecule has 1 aliphatic heterocycles. The number of amidine groups is 1. The van der Waals surface area contributed by atoms with Crippen LogP contribution in [-0.4, -0.2) is 20.1 Å². The molecule has 0 fully saturated rings. The lowest BCUT2D eigenvalue weighted by molar-refractivity contribution is -0.137. The average molecular weight is 504 g/mol. The van der Waals surface area contributed by atoms with Crippen molar-refractivity contribution in [2.75, 3.05) is 19.1 Å². The molecule has 0 saturated carbocycles. The van der Waals surface area contributed by atoms with Crippen LogP contribution >= 0.6 is 0 Å². The van der Waals surface area contributed by atoms with E-state index in [4.69, 9.17) is 9.47 Å². The Kier molecular flexibility index (Phi) is 6.33. The van der Waals surface area contributed by atoms with E-state index in [-0.39, 0.29) is 23.0 Å². The number of ether oxygens (including phenoxy) is 2. The smallest absolute Gasteiger partial charge is 0.416 e. The van der Waals surface area contributed by atoms with Crippen molar-refractivity contribution in [3.05, 3.63) is 114 Å². The maximum atomic E-state index is 14.7. The third kappa shape index (κ3) is 4.74. The van der Waals surface area contributed by atoms with Crippen LogP contribution in [0.25, 0.3) is 11.1 Å². The number of anilines is 1. The lowest BCUT2D eigenvalue weighted by atomic mass is 10.0. The topological polar surface area (TPSA) is 34.1 Å². The monoisotopic (exact) mass is 504 g/mol. The number of para-hydroxylation sites is 1. The zero-order valence-electron chi connectivity index (χ0n) is 19.8. The molecule has 1 heterocycles. The molecule has 0 atom stereocenters. The first-order chi connectivity index (χ1) is 17.8. The van der Waals surface area contributed by atoms with E-state index in [1.165, 1.54) is 30.2 Å². The van der Waals surface area contributed by atoms with E-state index in [1.807, 2.05) is 36.4 Å². The summed E-state index contributed by atoms with van der Waals surface area (Å²) in [6.45, 7) is 3.02. The molecule has 0 spiro atoms. The van der Waals surface area contributed by atoms with Gasteiger partial charge in [0, 0.05) is 11.1 Å². The normalized spacial score (nSPS) is 13.1. The van der Waals surface area contributed by atoms with Gasteiger partial charge >= 0.3 is 6.18 Å². The molecule has 8 heteroatoms. The predicted octanol–water partition coefficient (Wildman–Crippen LogP) is 7.51. The standard InChI is InChI=1S/C29H20F4N2O2/c1-36-23-7-3-5-20(15-23)18-9-11-19(12-10-18)28-34-27-21(6-4-8-24(27)30)17-35(28)25-16-22(29(31,32)33)13-14-26(25)37-2/h3-16H,1-2H3. The van der Waals surface area contributed by atoms with Gasteiger partial charge < -0.3 is 14.4 Å². The number of hydrogen-bond acceptors (Lipinski definition) is 4. The summed E-state index contributed by atoms with van der Waals surface area (Å²) in [5.74, 6) is 0.525. The van der Waals surface area contributed by atoms with Crippen LogP contribution in [0.4, 0.5) is 28.9 Å². The molecule has 2 radical (unpaired) electrons. The third-order valence-corrected chi connectivity index (χ3v) is 5.94. The summed E-state index contributed by atoms with van der Waals surface area (Å²) in [4.78, 5) is 5.89. The van der Waals surface area contributed by atoms with E-state index in [2.05, 4.69) is 11.5 Å². The predicted molar refractivity (Wildman–Crippen MR) is 134 cm³/mol. The van der Waals surface area contributed by atoms with Gasteiger partial charge in [0.15, 0.2) is 0 Å². The van der Waals surface area contributed by atoms with Crippen LogP contribution in [0.1, 0.15) is 16.7 Å². The summed E-state index contributed by atoms with van der Waals surface area (Å²) >= 11 is 0. The Morgan fingerprint density at radius 1 is 0.784 bits per heavy atom. The second kappa shape index (κ2) is 9.61. The number of benzene rings is 4. The van der Waals surface area contributed by atoms with Crippen molar-refractivity contribution in [1.29, 1.82) is 0 Å². The van der Waals surface area contributed by atoms with Gasteiger partial charge in [0.1, 0.15) is 35.4 Å². The summed E-state index contributed by atoms with van der Waals surface area (Å²) in [7, 11) is 2.95. The molecule has 0 amide bonds. The van der Waals surface area contributed by atoms with Crippen LogP contribution in [0.2, 0.25) is 0 Å². The van der Waals surface area contributed by atoms with E-state index >= 15 is 0 Å². The molecule has 5 rings (SSSR count). The second-order valence-corrected chi connectivity index (χ2v) is 8.21. The molecule has 0 aromatic heterocycles. The largest absolute Gasteiger partial charge is 0.497 e. The highest BCUT2D eigenvalue weighted by atomic mass is 19.4. The van der Waals surface area contributed by atoms with Gasteiger partial charge in [0.05, 0.1) is 25.5 Å². The zero-order valence-corrected chi connectivity index (χ0v) is 19.8. The van der Waals surface area contributed by atoms with E-state index in [0.717, 1.165) is 23.3 Å². The SMILES string of the molecule is COc1cccc(-c2ccc(C3=Nc4c(F)cccc4[C]N3c3cc(C(F)(F)F)ccc3OC)cc2)c1. The molecular weight excluding hydrogens is 484 g/mol. The van der Waals surface area contributed by atoms with Gasteiger partial charge in [-0.3, -0.25) is 0 Å². The Balaban J connectivity index is 1.63. The van der Waals surface area contributed by atoms with Crippen molar-refractivity contribution >= 4 is 17.2 Å². The fourth-order valence-corrected chi connectivity index (χ4v) is 4.07. The van der Waals surface area contributed by atoms with Gasteiger partial charge in [0.2, 0.25) is 0 Å². The van der Waals surface area contributed by atoms with Crippen molar-refractivity contribution in [1.82, 2.24) is 0 Å². The molecule has 37 heavy (non-hydrogen) atoms. The van der Waals surface area contributed by atoms with Crippen LogP contribution in [0.5, 0.6) is 11.5 Å². The van der Waals surface area contributed by atoms with Crippen LogP contribution in [0.15, 0.2) is 89.9 Å². The van der Waals surface area contributed by atoms with Crippen LogP contribution < -0.4 is 14.4 Å². The zero-order chi connectivity index (χ0) is 26.2. The Morgan fingerprint density at radius 2 is 1.51 bits per heavy atom. The number of aliphatic imine (C=N–C) groups is 1. The van der Waals surface area contributed by atoms with E-state index < -0.39 is 17.6 Å². The lowest BCUT2D eigenvalue weighted by Gasteiger charge is -2.31. The molecule has 4 aromatic carbocycles. The van der Waals surface area contributed by atoms with Crippen molar-refractivity contribution < 1.29 is 27.0 Å². The first-order valence-corrected chi connectivity index (χ1v) is 11.2. The highest BCUT2D eigenvalue weighted by Crippen LogP contribution is 2.41. The first-order valence-electron chi connectivity index (χ1n) is 11.2. The summed E-state index contributed by atoms with van der Waals surface area (Å²) in [5, 5.41) is 0. The minimum absolute atomic E-state index is 0.0524. The molecule has 186 valence electrons. The minimum Gasteiger partial charge on any atom is -0.497 e. The minimum atomic E-state index is -4.57. The molecule has 0 unspecified atom stereocenters. The second-order valence-electron chi connectivity index (χ2n) is 8.21. The van der Waals surface area contributed by atoms with E-state index in [9.17, 15) is 17.6 Å².